The van der Waals surface area contributed by atoms with E-state index in [1.807, 2.05) is 27.7 Å². The summed E-state index contributed by atoms with van der Waals surface area (Å²) in [6.07, 6.45) is 2.63. The van der Waals surface area contributed by atoms with E-state index in [-0.39, 0.29) is 23.9 Å². The van der Waals surface area contributed by atoms with Crippen molar-refractivity contribution in [1.82, 2.24) is 9.97 Å². The van der Waals surface area contributed by atoms with Gasteiger partial charge >= 0.3 is 11.9 Å². The van der Waals surface area contributed by atoms with Crippen LogP contribution < -0.4 is 0 Å². The van der Waals surface area contributed by atoms with Crippen LogP contribution in [0.25, 0.3) is 0 Å². The molecule has 2 rings (SSSR count). The van der Waals surface area contributed by atoms with Gasteiger partial charge in [0.2, 0.25) is 0 Å². The topological polar surface area (TPSA) is 78.4 Å². The van der Waals surface area contributed by atoms with E-state index in [9.17, 15) is 9.59 Å². The van der Waals surface area contributed by atoms with Gasteiger partial charge in [0.05, 0.1) is 0 Å². The minimum atomic E-state index is -0.565. The molecule has 0 radical (unpaired) electrons. The highest BCUT2D eigenvalue weighted by atomic mass is 16.6. The molecule has 0 aliphatic carbocycles. The van der Waals surface area contributed by atoms with Crippen molar-refractivity contribution in [2.24, 2.45) is 5.92 Å². The van der Waals surface area contributed by atoms with Crippen LogP contribution in [0.2, 0.25) is 0 Å². The number of hydrogen-bond acceptors (Lipinski definition) is 6. The lowest BCUT2D eigenvalue weighted by molar-refractivity contribution is -0.0145. The fourth-order valence-electron chi connectivity index (χ4n) is 1.97. The SMILES string of the molecule is Cc1ccc(C(=O)OCC(OC(=O)c2ccc(C)cn2)C(C)C)nc1. The van der Waals surface area contributed by atoms with Gasteiger partial charge in [0.25, 0.3) is 0 Å². The van der Waals surface area contributed by atoms with Gasteiger partial charge in [-0.25, -0.2) is 19.6 Å². The summed E-state index contributed by atoms with van der Waals surface area (Å²) in [6, 6.07) is 6.78. The van der Waals surface area contributed by atoms with E-state index in [0.29, 0.717) is 0 Å². The molecule has 0 fully saturated rings. The van der Waals surface area contributed by atoms with E-state index in [2.05, 4.69) is 9.97 Å². The summed E-state index contributed by atoms with van der Waals surface area (Å²) in [6.45, 7) is 7.51. The molecule has 132 valence electrons. The third kappa shape index (κ3) is 5.38. The van der Waals surface area contributed by atoms with Crippen LogP contribution in [-0.2, 0) is 9.47 Å². The molecule has 6 heteroatoms. The Kier molecular flexibility index (Phi) is 6.22. The molecule has 0 N–H and O–H groups in total. The first kappa shape index (κ1) is 18.6. The third-order valence-electron chi connectivity index (χ3n) is 3.62. The molecule has 0 amide bonds. The Labute approximate surface area is 147 Å². The van der Waals surface area contributed by atoms with Crippen LogP contribution in [0.3, 0.4) is 0 Å². The zero-order chi connectivity index (χ0) is 18.4. The van der Waals surface area contributed by atoms with E-state index in [4.69, 9.17) is 9.47 Å². The second-order valence-electron chi connectivity index (χ2n) is 6.23. The lowest BCUT2D eigenvalue weighted by Gasteiger charge is -2.21. The zero-order valence-electron chi connectivity index (χ0n) is 14.9. The van der Waals surface area contributed by atoms with Crippen molar-refractivity contribution in [1.29, 1.82) is 0 Å². The molecule has 1 unspecified atom stereocenters. The molecule has 6 nitrogen and oxygen atoms in total. The van der Waals surface area contributed by atoms with Crippen molar-refractivity contribution in [3.63, 3.8) is 0 Å². The fourth-order valence-corrected chi connectivity index (χ4v) is 1.97. The first-order valence-corrected chi connectivity index (χ1v) is 8.10. The normalized spacial score (nSPS) is 11.9. The van der Waals surface area contributed by atoms with Crippen LogP contribution in [0, 0.1) is 19.8 Å². The Morgan fingerprint density at radius 2 is 1.44 bits per heavy atom. The first-order chi connectivity index (χ1) is 11.9. The predicted octanol–water partition coefficient (Wildman–Crippen LogP) is 3.13. The number of carbonyl (C=O) groups excluding carboxylic acids is 2. The highest BCUT2D eigenvalue weighted by Gasteiger charge is 2.22. The average Bonchev–Trinajstić information content (AvgIpc) is 2.59. The number of carbonyl (C=O) groups is 2. The lowest BCUT2D eigenvalue weighted by Crippen LogP contribution is -2.30. The van der Waals surface area contributed by atoms with Crippen LogP contribution >= 0.6 is 0 Å². The van der Waals surface area contributed by atoms with Gasteiger partial charge in [-0.15, -0.1) is 0 Å². The summed E-state index contributed by atoms with van der Waals surface area (Å²) in [5.41, 5.74) is 2.36. The summed E-state index contributed by atoms with van der Waals surface area (Å²) in [5.74, 6) is -1.11. The third-order valence-corrected chi connectivity index (χ3v) is 3.62. The first-order valence-electron chi connectivity index (χ1n) is 8.10. The van der Waals surface area contributed by atoms with Crippen LogP contribution in [0.1, 0.15) is 46.0 Å². The number of hydrogen-bond donors (Lipinski definition) is 0. The minimum absolute atomic E-state index is 0.0202. The van der Waals surface area contributed by atoms with E-state index < -0.39 is 18.0 Å². The summed E-state index contributed by atoms with van der Waals surface area (Å²) in [7, 11) is 0. The van der Waals surface area contributed by atoms with Gasteiger partial charge in [-0.3, -0.25) is 0 Å². The van der Waals surface area contributed by atoms with Gasteiger partial charge in [-0.1, -0.05) is 26.0 Å². The van der Waals surface area contributed by atoms with Gasteiger partial charge in [-0.05, 0) is 43.0 Å². The molecular weight excluding hydrogens is 320 g/mol. The molecule has 2 aromatic rings. The summed E-state index contributed by atoms with van der Waals surface area (Å²) in [4.78, 5) is 32.3. The Morgan fingerprint density at radius 1 is 0.920 bits per heavy atom. The minimum Gasteiger partial charge on any atom is -0.457 e. The van der Waals surface area contributed by atoms with E-state index >= 15 is 0 Å². The summed E-state index contributed by atoms with van der Waals surface area (Å²) >= 11 is 0. The molecule has 0 spiro atoms. The molecule has 0 aliphatic rings. The van der Waals surface area contributed by atoms with Gasteiger partial charge in [0.15, 0.2) is 0 Å². The maximum Gasteiger partial charge on any atom is 0.357 e. The number of ether oxygens (including phenoxy) is 2. The van der Waals surface area contributed by atoms with Gasteiger partial charge in [0, 0.05) is 12.4 Å². The van der Waals surface area contributed by atoms with Crippen LogP contribution in [0.15, 0.2) is 36.7 Å². The molecule has 0 aliphatic heterocycles. The molecule has 25 heavy (non-hydrogen) atoms. The number of aryl methyl sites for hydroxylation is 2. The predicted molar refractivity (Wildman–Crippen MR) is 92.3 cm³/mol. The van der Waals surface area contributed by atoms with E-state index in [1.54, 1.807) is 36.7 Å². The van der Waals surface area contributed by atoms with Crippen molar-refractivity contribution >= 4 is 11.9 Å². The largest absolute Gasteiger partial charge is 0.457 e. The Hall–Kier alpha value is -2.76. The molecule has 0 saturated heterocycles. The molecule has 0 saturated carbocycles. The fraction of sp³-hybridized carbons (Fsp3) is 0.368. The molecule has 2 heterocycles. The molecular formula is C19H22N2O4. The number of rotatable bonds is 6. The number of aromatic nitrogens is 2. The number of esters is 2. The van der Waals surface area contributed by atoms with Crippen LogP contribution in [0.5, 0.6) is 0 Å². The van der Waals surface area contributed by atoms with Crippen molar-refractivity contribution in [3.05, 3.63) is 59.2 Å². The molecule has 0 aromatic carbocycles. The van der Waals surface area contributed by atoms with Crippen molar-refractivity contribution in [2.75, 3.05) is 6.61 Å². The number of nitrogens with zero attached hydrogens (tertiary/aromatic N) is 2. The quantitative estimate of drug-likeness (QED) is 0.751. The molecule has 0 bridgehead atoms. The van der Waals surface area contributed by atoms with Crippen molar-refractivity contribution < 1.29 is 19.1 Å². The Bertz CT molecular complexity index is 724. The summed E-state index contributed by atoms with van der Waals surface area (Å²) < 4.78 is 10.7. The molecule has 1 atom stereocenters. The maximum absolute atomic E-state index is 12.2. The Balaban J connectivity index is 1.96. The molecule has 2 aromatic heterocycles. The maximum atomic E-state index is 12.2. The van der Waals surface area contributed by atoms with Crippen molar-refractivity contribution in [2.45, 2.75) is 33.8 Å². The highest BCUT2D eigenvalue weighted by molar-refractivity contribution is 5.88. The van der Waals surface area contributed by atoms with Gasteiger partial charge < -0.3 is 9.47 Å². The highest BCUT2D eigenvalue weighted by Crippen LogP contribution is 2.12. The number of pyridine rings is 2. The van der Waals surface area contributed by atoms with Gasteiger partial charge in [0.1, 0.15) is 24.1 Å². The van der Waals surface area contributed by atoms with E-state index in [0.717, 1.165) is 11.1 Å². The standard InChI is InChI=1S/C19H22N2O4/c1-12(2)17(25-19(23)16-8-6-14(4)10-21-16)11-24-18(22)15-7-5-13(3)9-20-15/h5-10,12,17H,11H2,1-4H3. The second kappa shape index (κ2) is 8.37. The van der Waals surface area contributed by atoms with Crippen LogP contribution in [-0.4, -0.2) is 34.6 Å². The van der Waals surface area contributed by atoms with Gasteiger partial charge in [-0.2, -0.15) is 0 Å². The monoisotopic (exact) mass is 342 g/mol. The lowest BCUT2D eigenvalue weighted by atomic mass is 10.1. The second-order valence-corrected chi connectivity index (χ2v) is 6.23. The van der Waals surface area contributed by atoms with Crippen LogP contribution in [0.4, 0.5) is 0 Å². The summed E-state index contributed by atoms with van der Waals surface area (Å²) in [5, 5.41) is 0. The smallest absolute Gasteiger partial charge is 0.357 e. The van der Waals surface area contributed by atoms with E-state index in [1.165, 1.54) is 0 Å². The van der Waals surface area contributed by atoms with Crippen molar-refractivity contribution in [3.8, 4) is 0 Å². The zero-order valence-corrected chi connectivity index (χ0v) is 14.9. The average molecular weight is 342 g/mol. The Morgan fingerprint density at radius 3 is 1.88 bits per heavy atom.